The molecule has 2 nitrogen and oxygen atoms in total. The maximum absolute atomic E-state index is 11.9. The first-order valence-corrected chi connectivity index (χ1v) is 5.69. The van der Waals surface area contributed by atoms with E-state index in [1.807, 2.05) is 44.2 Å². The summed E-state index contributed by atoms with van der Waals surface area (Å²) in [6.45, 7) is 3.99. The summed E-state index contributed by atoms with van der Waals surface area (Å²) in [6.07, 6.45) is 0. The van der Waals surface area contributed by atoms with Crippen LogP contribution in [0.1, 0.15) is 25.3 Å². The molecule has 1 radical (unpaired) electrons. The smallest absolute Gasteiger partial charge is 0.190 e. The minimum Gasteiger partial charge on any atom is -0.507 e. The van der Waals surface area contributed by atoms with Crippen molar-refractivity contribution >= 4 is 0 Å². The molecule has 0 amide bonds. The molecule has 0 saturated carbocycles. The van der Waals surface area contributed by atoms with Crippen molar-refractivity contribution in [2.45, 2.75) is 19.8 Å². The molecule has 87 valence electrons. The lowest BCUT2D eigenvalue weighted by Crippen LogP contribution is -1.90. The van der Waals surface area contributed by atoms with E-state index >= 15 is 0 Å². The van der Waals surface area contributed by atoms with Crippen LogP contribution in [0, 0.1) is 0 Å². The number of phenolic OH excluding ortho intramolecular Hbond substituents is 1. The Labute approximate surface area is 101 Å². The van der Waals surface area contributed by atoms with E-state index in [2.05, 4.69) is 0 Å². The molecule has 0 unspecified atom stereocenters. The lowest BCUT2D eigenvalue weighted by molar-refractivity contribution is 0.353. The van der Waals surface area contributed by atoms with Crippen molar-refractivity contribution in [1.82, 2.24) is 0 Å². The Morgan fingerprint density at radius 3 is 2.24 bits per heavy atom. The van der Waals surface area contributed by atoms with Gasteiger partial charge in [-0.25, -0.2) is 0 Å². The summed E-state index contributed by atoms with van der Waals surface area (Å²) >= 11 is 0. The molecule has 0 saturated heterocycles. The number of aromatic hydroxyl groups is 1. The molecular weight excluding hydrogens is 212 g/mol. The monoisotopic (exact) mass is 227 g/mol. The number of hydrogen-bond acceptors (Lipinski definition) is 1. The Balaban J connectivity index is 2.65. The fraction of sp³-hybridized carbons (Fsp3) is 0.200. The van der Waals surface area contributed by atoms with Crippen LogP contribution in [0.4, 0.5) is 0 Å². The molecule has 1 N–H and O–H groups in total. The summed E-state index contributed by atoms with van der Waals surface area (Å²) in [5.41, 5.74) is 1.97. The van der Waals surface area contributed by atoms with E-state index in [1.165, 1.54) is 6.07 Å². The number of phenols is 1. The summed E-state index contributed by atoms with van der Waals surface area (Å²) in [6, 6.07) is 12.5. The standard InChI is InChI=1S/C15H15O2/c1-10(2)12-8-9-13(16)14(15(12)17)11-6-4-3-5-7-11/h3-10,17H,1-2H3. The molecule has 0 spiro atoms. The Morgan fingerprint density at radius 1 is 1.00 bits per heavy atom. The zero-order chi connectivity index (χ0) is 12.4. The predicted molar refractivity (Wildman–Crippen MR) is 67.8 cm³/mol. The van der Waals surface area contributed by atoms with Crippen LogP contribution in [0.2, 0.25) is 0 Å². The van der Waals surface area contributed by atoms with Crippen LogP contribution in [0.25, 0.3) is 11.1 Å². The highest BCUT2D eigenvalue weighted by Crippen LogP contribution is 2.41. The minimum atomic E-state index is -0.141. The van der Waals surface area contributed by atoms with Gasteiger partial charge in [0.15, 0.2) is 5.75 Å². The number of rotatable bonds is 2. The van der Waals surface area contributed by atoms with Crippen LogP contribution in [0.5, 0.6) is 11.5 Å². The van der Waals surface area contributed by atoms with E-state index < -0.39 is 0 Å². The second kappa shape index (κ2) is 4.50. The lowest BCUT2D eigenvalue weighted by Gasteiger charge is -2.13. The highest BCUT2D eigenvalue weighted by Gasteiger charge is 2.16. The molecule has 2 rings (SSSR count). The quantitative estimate of drug-likeness (QED) is 0.815. The Kier molecular flexibility index (Phi) is 3.05. The van der Waals surface area contributed by atoms with Crippen molar-refractivity contribution in [3.05, 3.63) is 48.0 Å². The van der Waals surface area contributed by atoms with E-state index in [0.29, 0.717) is 5.56 Å². The van der Waals surface area contributed by atoms with Crippen LogP contribution >= 0.6 is 0 Å². The van der Waals surface area contributed by atoms with Gasteiger partial charge in [-0.3, -0.25) is 5.11 Å². The van der Waals surface area contributed by atoms with E-state index in [0.717, 1.165) is 11.1 Å². The van der Waals surface area contributed by atoms with Gasteiger partial charge in [0, 0.05) is 0 Å². The fourth-order valence-electron chi connectivity index (χ4n) is 1.94. The second-order valence-corrected chi connectivity index (χ2v) is 4.40. The van der Waals surface area contributed by atoms with Gasteiger partial charge in [-0.05, 0) is 23.1 Å². The third kappa shape index (κ3) is 2.11. The van der Waals surface area contributed by atoms with Gasteiger partial charge >= 0.3 is 0 Å². The zero-order valence-electron chi connectivity index (χ0n) is 9.97. The van der Waals surface area contributed by atoms with Crippen LogP contribution in [0.3, 0.4) is 0 Å². The molecule has 17 heavy (non-hydrogen) atoms. The van der Waals surface area contributed by atoms with E-state index in [9.17, 15) is 10.2 Å². The first kappa shape index (κ1) is 11.5. The molecule has 0 bridgehead atoms. The minimum absolute atomic E-state index is 0.110. The normalized spacial score (nSPS) is 10.8. The number of benzene rings is 2. The van der Waals surface area contributed by atoms with Crippen molar-refractivity contribution < 1.29 is 10.2 Å². The van der Waals surface area contributed by atoms with Gasteiger partial charge in [0.05, 0.1) is 5.56 Å². The molecule has 0 aliphatic heterocycles. The highest BCUT2D eigenvalue weighted by atomic mass is 16.3. The average molecular weight is 227 g/mol. The molecule has 0 heterocycles. The third-order valence-electron chi connectivity index (χ3n) is 2.86. The first-order chi connectivity index (χ1) is 8.11. The maximum atomic E-state index is 11.9. The number of hydrogen-bond donors (Lipinski definition) is 1. The molecule has 0 aliphatic carbocycles. The van der Waals surface area contributed by atoms with Crippen molar-refractivity contribution in [2.24, 2.45) is 0 Å². The summed E-state index contributed by atoms with van der Waals surface area (Å²) in [7, 11) is 0. The van der Waals surface area contributed by atoms with Gasteiger partial charge in [-0.15, -0.1) is 0 Å². The van der Waals surface area contributed by atoms with E-state index in [-0.39, 0.29) is 17.4 Å². The SMILES string of the molecule is CC(C)c1ccc([O])c(-c2ccccc2)c1O. The Bertz CT molecular complexity index is 516. The van der Waals surface area contributed by atoms with Gasteiger partial charge in [0.1, 0.15) is 5.75 Å². The van der Waals surface area contributed by atoms with Gasteiger partial charge in [0.2, 0.25) is 0 Å². The second-order valence-electron chi connectivity index (χ2n) is 4.40. The van der Waals surface area contributed by atoms with Gasteiger partial charge in [0.25, 0.3) is 0 Å². The van der Waals surface area contributed by atoms with Crippen LogP contribution in [0.15, 0.2) is 42.5 Å². The third-order valence-corrected chi connectivity index (χ3v) is 2.86. The van der Waals surface area contributed by atoms with Crippen molar-refractivity contribution in [3.8, 4) is 22.6 Å². The summed E-state index contributed by atoms with van der Waals surface area (Å²) < 4.78 is 0. The topological polar surface area (TPSA) is 40.1 Å². The molecule has 2 aromatic carbocycles. The molecule has 2 aromatic rings. The van der Waals surface area contributed by atoms with Gasteiger partial charge < -0.3 is 5.11 Å². The molecule has 0 aromatic heterocycles. The Morgan fingerprint density at radius 2 is 1.65 bits per heavy atom. The molecule has 0 aliphatic rings. The largest absolute Gasteiger partial charge is 0.507 e. The average Bonchev–Trinajstić information content (AvgIpc) is 2.30. The van der Waals surface area contributed by atoms with E-state index in [1.54, 1.807) is 6.07 Å². The van der Waals surface area contributed by atoms with E-state index in [4.69, 9.17) is 0 Å². The molecular formula is C15H15O2. The Hall–Kier alpha value is -1.96. The van der Waals surface area contributed by atoms with Gasteiger partial charge in [-0.2, -0.15) is 0 Å². The summed E-state index contributed by atoms with van der Waals surface area (Å²) in [5, 5.41) is 22.0. The van der Waals surface area contributed by atoms with Gasteiger partial charge in [-0.1, -0.05) is 50.2 Å². The molecule has 0 atom stereocenters. The molecule has 2 heteroatoms. The van der Waals surface area contributed by atoms with Crippen LogP contribution in [-0.2, 0) is 5.11 Å². The predicted octanol–water partition coefficient (Wildman–Crippen LogP) is 4.33. The first-order valence-electron chi connectivity index (χ1n) is 5.69. The highest BCUT2D eigenvalue weighted by molar-refractivity contribution is 5.77. The van der Waals surface area contributed by atoms with Crippen molar-refractivity contribution in [2.75, 3.05) is 0 Å². The summed E-state index contributed by atoms with van der Waals surface area (Å²) in [5.74, 6) is 0.162. The van der Waals surface area contributed by atoms with Crippen molar-refractivity contribution in [3.63, 3.8) is 0 Å². The zero-order valence-corrected chi connectivity index (χ0v) is 9.97. The van der Waals surface area contributed by atoms with Crippen LogP contribution < -0.4 is 0 Å². The van der Waals surface area contributed by atoms with Crippen LogP contribution in [-0.4, -0.2) is 5.11 Å². The molecule has 0 fully saturated rings. The van der Waals surface area contributed by atoms with Crippen molar-refractivity contribution in [1.29, 1.82) is 0 Å². The lowest BCUT2D eigenvalue weighted by atomic mass is 9.95. The fourth-order valence-corrected chi connectivity index (χ4v) is 1.94. The maximum Gasteiger partial charge on any atom is 0.190 e. The summed E-state index contributed by atoms with van der Waals surface area (Å²) in [4.78, 5) is 0.